The van der Waals surface area contributed by atoms with Crippen LogP contribution < -0.4 is 0 Å². The minimum Gasteiger partial charge on any atom is -0.256 e. The van der Waals surface area contributed by atoms with Crippen molar-refractivity contribution in [3.63, 3.8) is 0 Å². The first-order valence-electron chi connectivity index (χ1n) is 5.11. The number of pyridine rings is 1. The van der Waals surface area contributed by atoms with Crippen LogP contribution in [0.15, 0.2) is 42.6 Å². The molecular weight excluding hydrogens is 239 g/mol. The summed E-state index contributed by atoms with van der Waals surface area (Å²) in [6.07, 6.45) is 2.45. The summed E-state index contributed by atoms with van der Waals surface area (Å²) in [7, 11) is 0. The van der Waals surface area contributed by atoms with Gasteiger partial charge in [-0.3, -0.25) is 4.98 Å². The monoisotopic (exact) mass is 247 g/mol. The lowest BCUT2D eigenvalue weighted by Gasteiger charge is -2.07. The largest absolute Gasteiger partial charge is 0.416 e. The van der Waals surface area contributed by atoms with Crippen molar-refractivity contribution < 1.29 is 13.2 Å². The highest BCUT2D eigenvalue weighted by Crippen LogP contribution is 2.30. The number of rotatable bonds is 1. The van der Waals surface area contributed by atoms with Gasteiger partial charge < -0.3 is 0 Å². The van der Waals surface area contributed by atoms with Gasteiger partial charge in [0.15, 0.2) is 0 Å². The van der Waals surface area contributed by atoms with Crippen LogP contribution in [0.3, 0.4) is 0 Å². The molecule has 0 N–H and O–H groups in total. The first-order chi connectivity index (χ1) is 8.50. The fraction of sp³-hybridized carbons (Fsp3) is 0.0714. The fourth-order valence-corrected chi connectivity index (χ4v) is 1.51. The van der Waals surface area contributed by atoms with E-state index in [2.05, 4.69) is 10.9 Å². The molecule has 2 aromatic rings. The second kappa shape index (κ2) is 4.53. The van der Waals surface area contributed by atoms with Crippen molar-refractivity contribution in [2.75, 3.05) is 0 Å². The molecule has 90 valence electrons. The summed E-state index contributed by atoms with van der Waals surface area (Å²) in [5.74, 6) is 2.45. The third-order valence-corrected chi connectivity index (χ3v) is 2.43. The predicted molar refractivity (Wildman–Crippen MR) is 62.6 cm³/mol. The van der Waals surface area contributed by atoms with Crippen LogP contribution in [-0.4, -0.2) is 4.98 Å². The van der Waals surface area contributed by atoms with Crippen LogP contribution >= 0.6 is 0 Å². The normalized spacial score (nSPS) is 11.0. The van der Waals surface area contributed by atoms with Crippen molar-refractivity contribution in [3.8, 4) is 23.6 Å². The highest BCUT2D eigenvalue weighted by molar-refractivity contribution is 5.61. The Labute approximate surface area is 102 Å². The highest BCUT2D eigenvalue weighted by Gasteiger charge is 2.29. The molecule has 0 aliphatic rings. The number of hydrogen-bond donors (Lipinski definition) is 0. The molecule has 0 bridgehead atoms. The molecule has 1 heterocycles. The van der Waals surface area contributed by atoms with Crippen LogP contribution in [0, 0.1) is 12.3 Å². The Morgan fingerprint density at radius 1 is 1.06 bits per heavy atom. The summed E-state index contributed by atoms with van der Waals surface area (Å²) < 4.78 is 37.2. The van der Waals surface area contributed by atoms with Crippen LogP contribution in [0.5, 0.6) is 0 Å². The minimum atomic E-state index is -4.33. The van der Waals surface area contributed by atoms with Crippen LogP contribution in [0.4, 0.5) is 13.2 Å². The van der Waals surface area contributed by atoms with Gasteiger partial charge in [0.05, 0.1) is 11.3 Å². The number of aromatic nitrogens is 1. The molecule has 0 aliphatic carbocycles. The van der Waals surface area contributed by atoms with E-state index >= 15 is 0 Å². The first kappa shape index (κ1) is 12.2. The van der Waals surface area contributed by atoms with Gasteiger partial charge in [-0.25, -0.2) is 0 Å². The molecule has 2 rings (SSSR count). The number of terminal acetylenes is 1. The highest BCUT2D eigenvalue weighted by atomic mass is 19.4. The van der Waals surface area contributed by atoms with E-state index < -0.39 is 11.7 Å². The third-order valence-electron chi connectivity index (χ3n) is 2.43. The summed E-state index contributed by atoms with van der Waals surface area (Å²) in [6, 6.07) is 8.13. The maximum Gasteiger partial charge on any atom is 0.416 e. The van der Waals surface area contributed by atoms with Gasteiger partial charge in [0.2, 0.25) is 0 Å². The summed E-state index contributed by atoms with van der Waals surface area (Å²) in [5.41, 5.74) is 1.11. The quantitative estimate of drug-likeness (QED) is 0.699. The third kappa shape index (κ3) is 2.51. The van der Waals surface area contributed by atoms with Gasteiger partial charge >= 0.3 is 6.18 Å². The molecule has 0 aliphatic heterocycles. The zero-order valence-electron chi connectivity index (χ0n) is 9.20. The molecule has 0 unspecified atom stereocenters. The van der Waals surface area contributed by atoms with Gasteiger partial charge in [0.25, 0.3) is 0 Å². The van der Waals surface area contributed by atoms with E-state index in [0.717, 1.165) is 12.1 Å². The maximum absolute atomic E-state index is 12.4. The minimum absolute atomic E-state index is 0.555. The van der Waals surface area contributed by atoms with Crippen molar-refractivity contribution in [1.82, 2.24) is 4.98 Å². The molecule has 0 fully saturated rings. The van der Waals surface area contributed by atoms with E-state index in [1.807, 2.05) is 0 Å². The van der Waals surface area contributed by atoms with E-state index in [9.17, 15) is 13.2 Å². The van der Waals surface area contributed by atoms with Crippen molar-refractivity contribution in [2.24, 2.45) is 0 Å². The Morgan fingerprint density at radius 3 is 2.28 bits per heavy atom. The van der Waals surface area contributed by atoms with Crippen LogP contribution in [0.25, 0.3) is 11.3 Å². The van der Waals surface area contributed by atoms with Crippen molar-refractivity contribution in [2.45, 2.75) is 6.18 Å². The van der Waals surface area contributed by atoms with Gasteiger partial charge in [0.1, 0.15) is 0 Å². The average Bonchev–Trinajstić information content (AvgIpc) is 2.38. The molecule has 0 saturated heterocycles. The molecule has 0 atom stereocenters. The zero-order chi connectivity index (χ0) is 13.2. The van der Waals surface area contributed by atoms with Crippen molar-refractivity contribution in [3.05, 3.63) is 53.7 Å². The molecule has 0 radical (unpaired) electrons. The number of benzene rings is 1. The molecule has 0 saturated carbocycles. The molecule has 1 aromatic heterocycles. The summed E-state index contributed by atoms with van der Waals surface area (Å²) in [5, 5.41) is 0. The summed E-state index contributed by atoms with van der Waals surface area (Å²) in [4.78, 5) is 4.07. The number of nitrogens with zero attached hydrogens (tertiary/aromatic N) is 1. The Hall–Kier alpha value is -2.28. The van der Waals surface area contributed by atoms with E-state index in [0.29, 0.717) is 16.8 Å². The van der Waals surface area contributed by atoms with E-state index in [1.54, 1.807) is 12.1 Å². The predicted octanol–water partition coefficient (Wildman–Crippen LogP) is 3.75. The van der Waals surface area contributed by atoms with Crippen molar-refractivity contribution in [1.29, 1.82) is 0 Å². The second-order valence-corrected chi connectivity index (χ2v) is 3.65. The lowest BCUT2D eigenvalue weighted by molar-refractivity contribution is -0.137. The average molecular weight is 247 g/mol. The number of halogens is 3. The number of alkyl halides is 3. The topological polar surface area (TPSA) is 12.9 Å². The lowest BCUT2D eigenvalue weighted by Crippen LogP contribution is -2.04. The Bertz CT molecular complexity index is 592. The van der Waals surface area contributed by atoms with E-state index in [4.69, 9.17) is 6.42 Å². The smallest absolute Gasteiger partial charge is 0.256 e. The molecule has 4 heteroatoms. The Kier molecular flexibility index (Phi) is 3.07. The standard InChI is InChI=1S/C14H8F3N/c1-2-10-7-8-18-13(9-10)11-3-5-12(6-4-11)14(15,16)17/h1,3-9H. The Morgan fingerprint density at radius 2 is 1.72 bits per heavy atom. The van der Waals surface area contributed by atoms with Gasteiger partial charge in [0, 0.05) is 17.3 Å². The fourth-order valence-electron chi connectivity index (χ4n) is 1.51. The summed E-state index contributed by atoms with van der Waals surface area (Å²) >= 11 is 0. The SMILES string of the molecule is C#Cc1ccnc(-c2ccc(C(F)(F)F)cc2)c1. The molecule has 1 nitrogen and oxygen atoms in total. The summed E-state index contributed by atoms with van der Waals surface area (Å²) in [6.45, 7) is 0. The Balaban J connectivity index is 2.38. The van der Waals surface area contributed by atoms with Crippen molar-refractivity contribution >= 4 is 0 Å². The van der Waals surface area contributed by atoms with Crippen LogP contribution in [-0.2, 0) is 6.18 Å². The van der Waals surface area contributed by atoms with Gasteiger partial charge in [-0.2, -0.15) is 13.2 Å². The number of hydrogen-bond acceptors (Lipinski definition) is 1. The van der Waals surface area contributed by atoms with Crippen LogP contribution in [0.1, 0.15) is 11.1 Å². The lowest BCUT2D eigenvalue weighted by atomic mass is 10.1. The molecular formula is C14H8F3N. The molecule has 0 spiro atoms. The van der Waals surface area contributed by atoms with Crippen LogP contribution in [0.2, 0.25) is 0 Å². The molecule has 0 amide bonds. The van der Waals surface area contributed by atoms with Gasteiger partial charge in [-0.15, -0.1) is 6.42 Å². The van der Waals surface area contributed by atoms with E-state index in [-0.39, 0.29) is 0 Å². The molecule has 1 aromatic carbocycles. The first-order valence-corrected chi connectivity index (χ1v) is 5.11. The zero-order valence-corrected chi connectivity index (χ0v) is 9.20. The maximum atomic E-state index is 12.4. The van der Waals surface area contributed by atoms with Gasteiger partial charge in [-0.1, -0.05) is 18.1 Å². The molecule has 18 heavy (non-hydrogen) atoms. The van der Waals surface area contributed by atoms with E-state index in [1.165, 1.54) is 18.3 Å². The van der Waals surface area contributed by atoms with Gasteiger partial charge in [-0.05, 0) is 24.3 Å². The second-order valence-electron chi connectivity index (χ2n) is 3.65.